The summed E-state index contributed by atoms with van der Waals surface area (Å²) in [6.07, 6.45) is 1.66. The Balaban J connectivity index is 2.59. The van der Waals surface area contributed by atoms with Gasteiger partial charge in [-0.25, -0.2) is 4.68 Å². The van der Waals surface area contributed by atoms with E-state index in [1.165, 1.54) is 4.68 Å². The van der Waals surface area contributed by atoms with Crippen LogP contribution < -0.4 is 0 Å². The van der Waals surface area contributed by atoms with Crippen LogP contribution in [-0.2, 0) is 0 Å². The smallest absolute Gasteiger partial charge is 0.177 e. The number of nitriles is 1. The van der Waals surface area contributed by atoms with E-state index in [1.54, 1.807) is 24.4 Å². The molecule has 0 aliphatic heterocycles. The summed E-state index contributed by atoms with van der Waals surface area (Å²) in [5.74, 6) is 0. The minimum atomic E-state index is 0.302. The first kappa shape index (κ1) is 11.5. The zero-order valence-corrected chi connectivity index (χ0v) is 10.9. The molecule has 0 saturated heterocycles. The molecule has 0 unspecified atom stereocenters. The number of aromatic nitrogens is 2. The molecule has 0 aliphatic rings. The summed E-state index contributed by atoms with van der Waals surface area (Å²) in [6.45, 7) is 0. The second-order valence-corrected chi connectivity index (χ2v) is 4.68. The predicted molar refractivity (Wildman–Crippen MR) is 66.0 cm³/mol. The number of benzene rings is 1. The number of rotatable bonds is 1. The van der Waals surface area contributed by atoms with Crippen molar-refractivity contribution in [3.8, 4) is 11.8 Å². The lowest BCUT2D eigenvalue weighted by atomic mass is 10.3. The second-order valence-electron chi connectivity index (χ2n) is 2.98. The van der Waals surface area contributed by atoms with E-state index in [-0.39, 0.29) is 0 Å². The first-order valence-electron chi connectivity index (χ1n) is 4.22. The van der Waals surface area contributed by atoms with Gasteiger partial charge in [0.25, 0.3) is 0 Å². The van der Waals surface area contributed by atoms with E-state index in [1.807, 2.05) is 6.07 Å². The molecule has 1 aromatic carbocycles. The van der Waals surface area contributed by atoms with Crippen molar-refractivity contribution in [2.24, 2.45) is 0 Å². The SMILES string of the molecule is N#Cc1nn(-c2cc(Cl)ccc2Cl)cc1Br. The summed E-state index contributed by atoms with van der Waals surface area (Å²) in [7, 11) is 0. The molecule has 6 heteroatoms. The highest BCUT2D eigenvalue weighted by atomic mass is 79.9. The summed E-state index contributed by atoms with van der Waals surface area (Å²) >= 11 is 15.1. The topological polar surface area (TPSA) is 41.6 Å². The molecule has 0 aliphatic carbocycles. The maximum atomic E-state index is 8.79. The van der Waals surface area contributed by atoms with Gasteiger partial charge in [0.15, 0.2) is 5.69 Å². The first-order chi connectivity index (χ1) is 7.61. The Morgan fingerprint density at radius 1 is 1.38 bits per heavy atom. The summed E-state index contributed by atoms with van der Waals surface area (Å²) in [5, 5.41) is 13.9. The van der Waals surface area contributed by atoms with Crippen LogP contribution >= 0.6 is 39.1 Å². The lowest BCUT2D eigenvalue weighted by molar-refractivity contribution is 0.873. The van der Waals surface area contributed by atoms with Gasteiger partial charge in [-0.15, -0.1) is 0 Å². The molecule has 0 atom stereocenters. The highest BCUT2D eigenvalue weighted by Crippen LogP contribution is 2.25. The molecule has 0 saturated carbocycles. The molecule has 1 heterocycles. The zero-order valence-electron chi connectivity index (χ0n) is 7.78. The fraction of sp³-hybridized carbons (Fsp3) is 0. The third kappa shape index (κ3) is 2.07. The second kappa shape index (κ2) is 4.46. The van der Waals surface area contributed by atoms with E-state index in [0.29, 0.717) is 25.9 Å². The van der Waals surface area contributed by atoms with Gasteiger partial charge in [0.05, 0.1) is 15.2 Å². The average molecular weight is 317 g/mol. The molecule has 0 amide bonds. The molecule has 0 spiro atoms. The molecule has 3 nitrogen and oxygen atoms in total. The molecule has 0 radical (unpaired) electrons. The van der Waals surface area contributed by atoms with Crippen molar-refractivity contribution >= 4 is 39.1 Å². The standard InChI is InChI=1S/C10H4BrCl2N3/c11-7-5-16(15-9(7)4-14)10-3-6(12)1-2-8(10)13/h1-3,5H. The molecular formula is C10H4BrCl2N3. The van der Waals surface area contributed by atoms with Crippen molar-refractivity contribution < 1.29 is 0 Å². The zero-order chi connectivity index (χ0) is 11.7. The average Bonchev–Trinajstić information content (AvgIpc) is 2.63. The lowest BCUT2D eigenvalue weighted by Gasteiger charge is -2.03. The van der Waals surface area contributed by atoms with Gasteiger partial charge < -0.3 is 0 Å². The minimum Gasteiger partial charge on any atom is -0.237 e. The van der Waals surface area contributed by atoms with Crippen LogP contribution in [0.15, 0.2) is 28.9 Å². The summed E-state index contributed by atoms with van der Waals surface area (Å²) in [6, 6.07) is 7.02. The monoisotopic (exact) mass is 315 g/mol. The third-order valence-electron chi connectivity index (χ3n) is 1.93. The van der Waals surface area contributed by atoms with Crippen molar-refractivity contribution in [2.45, 2.75) is 0 Å². The highest BCUT2D eigenvalue weighted by molar-refractivity contribution is 9.10. The number of hydrogen-bond donors (Lipinski definition) is 0. The first-order valence-corrected chi connectivity index (χ1v) is 5.77. The van der Waals surface area contributed by atoms with E-state index in [2.05, 4.69) is 21.0 Å². The Bertz CT molecular complexity index is 586. The van der Waals surface area contributed by atoms with Crippen LogP contribution in [0.3, 0.4) is 0 Å². The van der Waals surface area contributed by atoms with Gasteiger partial charge in [-0.05, 0) is 34.1 Å². The Morgan fingerprint density at radius 2 is 2.12 bits per heavy atom. The maximum Gasteiger partial charge on any atom is 0.177 e. The van der Waals surface area contributed by atoms with Crippen LogP contribution in [0.5, 0.6) is 0 Å². The predicted octanol–water partition coefficient (Wildman–Crippen LogP) is 3.81. The van der Waals surface area contributed by atoms with Crippen LogP contribution in [0.4, 0.5) is 0 Å². The Hall–Kier alpha value is -1.02. The summed E-state index contributed by atoms with van der Waals surface area (Å²) in [4.78, 5) is 0. The normalized spacial score (nSPS) is 10.1. The molecule has 80 valence electrons. The lowest BCUT2D eigenvalue weighted by Crippen LogP contribution is -1.96. The number of halogens is 3. The quantitative estimate of drug-likeness (QED) is 0.802. The highest BCUT2D eigenvalue weighted by Gasteiger charge is 2.09. The molecule has 2 aromatic rings. The maximum absolute atomic E-state index is 8.79. The van der Waals surface area contributed by atoms with Crippen molar-refractivity contribution in [1.29, 1.82) is 5.26 Å². The third-order valence-corrected chi connectivity index (χ3v) is 3.07. The molecule has 0 N–H and O–H groups in total. The number of nitrogens with zero attached hydrogens (tertiary/aromatic N) is 3. The summed E-state index contributed by atoms with van der Waals surface area (Å²) < 4.78 is 2.13. The molecule has 16 heavy (non-hydrogen) atoms. The van der Waals surface area contributed by atoms with Crippen LogP contribution in [-0.4, -0.2) is 9.78 Å². The Labute approximate surface area is 110 Å². The van der Waals surface area contributed by atoms with E-state index in [9.17, 15) is 0 Å². The van der Waals surface area contributed by atoms with Gasteiger partial charge in [0.2, 0.25) is 0 Å². The molecule has 0 fully saturated rings. The Kier molecular flexibility index (Phi) is 3.20. The van der Waals surface area contributed by atoms with Gasteiger partial charge >= 0.3 is 0 Å². The van der Waals surface area contributed by atoms with Crippen LogP contribution in [0.2, 0.25) is 10.0 Å². The van der Waals surface area contributed by atoms with Crippen molar-refractivity contribution in [1.82, 2.24) is 9.78 Å². The fourth-order valence-electron chi connectivity index (χ4n) is 1.21. The largest absolute Gasteiger partial charge is 0.237 e. The molecule has 1 aromatic heterocycles. The molecule has 0 bridgehead atoms. The minimum absolute atomic E-state index is 0.302. The van der Waals surface area contributed by atoms with Gasteiger partial charge in [-0.3, -0.25) is 0 Å². The van der Waals surface area contributed by atoms with Crippen LogP contribution in [0.1, 0.15) is 5.69 Å². The van der Waals surface area contributed by atoms with E-state index >= 15 is 0 Å². The van der Waals surface area contributed by atoms with Crippen LogP contribution in [0, 0.1) is 11.3 Å². The van der Waals surface area contributed by atoms with Gasteiger partial charge in [0.1, 0.15) is 6.07 Å². The fourth-order valence-corrected chi connectivity index (χ4v) is 1.95. The number of hydrogen-bond acceptors (Lipinski definition) is 2. The van der Waals surface area contributed by atoms with E-state index in [4.69, 9.17) is 28.5 Å². The summed E-state index contributed by atoms with van der Waals surface area (Å²) in [5.41, 5.74) is 0.937. The van der Waals surface area contributed by atoms with Crippen molar-refractivity contribution in [3.05, 3.63) is 44.6 Å². The van der Waals surface area contributed by atoms with Gasteiger partial charge in [-0.1, -0.05) is 23.2 Å². The van der Waals surface area contributed by atoms with Crippen LogP contribution in [0.25, 0.3) is 5.69 Å². The van der Waals surface area contributed by atoms with Crippen molar-refractivity contribution in [3.63, 3.8) is 0 Å². The van der Waals surface area contributed by atoms with Gasteiger partial charge in [-0.2, -0.15) is 10.4 Å². The van der Waals surface area contributed by atoms with E-state index < -0.39 is 0 Å². The van der Waals surface area contributed by atoms with Gasteiger partial charge in [0, 0.05) is 11.2 Å². The Morgan fingerprint density at radius 3 is 2.75 bits per heavy atom. The van der Waals surface area contributed by atoms with Crippen molar-refractivity contribution in [2.75, 3.05) is 0 Å². The van der Waals surface area contributed by atoms with E-state index in [0.717, 1.165) is 0 Å². The molecular weight excluding hydrogens is 313 g/mol. The molecule has 2 rings (SSSR count).